The SMILES string of the molecule is Cc1ccc(C(=O)C(O)[C@H]2OC(Cl)C[C@@]2(O)C(=O)c2ccc(C)cc2)cc1. The molecule has 1 aliphatic rings. The molecule has 0 aromatic heterocycles. The van der Waals surface area contributed by atoms with E-state index in [0.717, 1.165) is 11.1 Å². The molecule has 0 amide bonds. The molecule has 3 rings (SSSR count). The molecule has 0 radical (unpaired) electrons. The summed E-state index contributed by atoms with van der Waals surface area (Å²) >= 11 is 6.01. The van der Waals surface area contributed by atoms with E-state index in [1.54, 1.807) is 48.5 Å². The van der Waals surface area contributed by atoms with Crippen molar-refractivity contribution in [2.45, 2.75) is 43.6 Å². The lowest BCUT2D eigenvalue weighted by atomic mass is 9.82. The first-order chi connectivity index (χ1) is 12.7. The molecule has 1 heterocycles. The molecule has 1 saturated heterocycles. The zero-order valence-electron chi connectivity index (χ0n) is 15.1. The molecular weight excluding hydrogens is 368 g/mol. The first-order valence-electron chi connectivity index (χ1n) is 8.64. The third-order valence-corrected chi connectivity index (χ3v) is 5.09. The Bertz CT molecular complexity index is 846. The summed E-state index contributed by atoms with van der Waals surface area (Å²) in [6.45, 7) is 3.76. The molecule has 6 heteroatoms. The van der Waals surface area contributed by atoms with Crippen molar-refractivity contribution < 1.29 is 24.5 Å². The van der Waals surface area contributed by atoms with Gasteiger partial charge in [-0.25, -0.2) is 0 Å². The van der Waals surface area contributed by atoms with Crippen LogP contribution in [0.1, 0.15) is 38.3 Å². The number of hydrogen-bond donors (Lipinski definition) is 2. The fraction of sp³-hybridized carbons (Fsp3) is 0.333. The van der Waals surface area contributed by atoms with Gasteiger partial charge in [0.1, 0.15) is 17.8 Å². The minimum atomic E-state index is -2.10. The number of halogens is 1. The molecule has 1 aliphatic heterocycles. The van der Waals surface area contributed by atoms with Crippen molar-refractivity contribution in [1.29, 1.82) is 0 Å². The summed E-state index contributed by atoms with van der Waals surface area (Å²) in [5, 5.41) is 21.6. The van der Waals surface area contributed by atoms with Crippen molar-refractivity contribution >= 4 is 23.2 Å². The number of ether oxygens (including phenoxy) is 1. The summed E-state index contributed by atoms with van der Waals surface area (Å²) in [5.74, 6) is -1.27. The number of alkyl halides is 1. The standard InChI is InChI=1S/C21H21ClO5/c1-12-3-7-14(8-4-12)17(23)18(24)20-21(26,11-16(22)27-20)19(25)15-9-5-13(2)6-10-15/h3-10,16,18,20,24,26H,11H2,1-2H3/t16?,18?,20-,21-/m1/s1. The summed E-state index contributed by atoms with van der Waals surface area (Å²) in [7, 11) is 0. The zero-order chi connectivity index (χ0) is 19.8. The second-order valence-corrected chi connectivity index (χ2v) is 7.45. The zero-order valence-corrected chi connectivity index (χ0v) is 15.8. The van der Waals surface area contributed by atoms with Crippen LogP contribution in [0.5, 0.6) is 0 Å². The predicted octanol–water partition coefficient (Wildman–Crippen LogP) is 2.81. The molecule has 4 atom stereocenters. The first kappa shape index (κ1) is 19.7. The number of aliphatic hydroxyl groups excluding tert-OH is 1. The van der Waals surface area contributed by atoms with Crippen molar-refractivity contribution in [1.82, 2.24) is 0 Å². The Morgan fingerprint density at radius 1 is 1.04 bits per heavy atom. The van der Waals surface area contributed by atoms with E-state index in [1.807, 2.05) is 13.8 Å². The van der Waals surface area contributed by atoms with Gasteiger partial charge in [0.05, 0.1) is 0 Å². The van der Waals surface area contributed by atoms with Gasteiger partial charge >= 0.3 is 0 Å². The lowest BCUT2D eigenvalue weighted by Gasteiger charge is -2.29. The summed E-state index contributed by atoms with van der Waals surface area (Å²) < 4.78 is 5.40. The van der Waals surface area contributed by atoms with Crippen molar-refractivity contribution in [3.63, 3.8) is 0 Å². The van der Waals surface area contributed by atoms with E-state index in [4.69, 9.17) is 16.3 Å². The Morgan fingerprint density at radius 3 is 2.04 bits per heavy atom. The molecule has 2 N–H and O–H groups in total. The van der Waals surface area contributed by atoms with Crippen LogP contribution in [-0.2, 0) is 4.74 Å². The van der Waals surface area contributed by atoms with E-state index >= 15 is 0 Å². The van der Waals surface area contributed by atoms with Crippen molar-refractivity contribution in [2.24, 2.45) is 0 Å². The van der Waals surface area contributed by atoms with Crippen LogP contribution in [0.2, 0.25) is 0 Å². The van der Waals surface area contributed by atoms with Gasteiger partial charge in [-0.05, 0) is 13.8 Å². The molecule has 2 unspecified atom stereocenters. The number of aryl methyl sites for hydroxylation is 2. The van der Waals surface area contributed by atoms with Crippen molar-refractivity contribution in [3.05, 3.63) is 70.8 Å². The van der Waals surface area contributed by atoms with E-state index < -0.39 is 34.9 Å². The smallest absolute Gasteiger partial charge is 0.197 e. The van der Waals surface area contributed by atoms with Gasteiger partial charge in [-0.2, -0.15) is 0 Å². The highest BCUT2D eigenvalue weighted by Crippen LogP contribution is 2.38. The molecule has 0 spiro atoms. The largest absolute Gasteiger partial charge is 0.382 e. The maximum Gasteiger partial charge on any atom is 0.197 e. The van der Waals surface area contributed by atoms with Crippen LogP contribution < -0.4 is 0 Å². The average Bonchev–Trinajstić information content (AvgIpc) is 2.96. The van der Waals surface area contributed by atoms with Gasteiger partial charge in [0, 0.05) is 17.5 Å². The van der Waals surface area contributed by atoms with Gasteiger partial charge in [0.2, 0.25) is 0 Å². The first-order valence-corrected chi connectivity index (χ1v) is 9.08. The highest BCUT2D eigenvalue weighted by atomic mass is 35.5. The summed E-state index contributed by atoms with van der Waals surface area (Å²) in [5.41, 5.74) is -0.638. The van der Waals surface area contributed by atoms with Crippen LogP contribution in [0.3, 0.4) is 0 Å². The van der Waals surface area contributed by atoms with E-state index in [0.29, 0.717) is 0 Å². The quantitative estimate of drug-likeness (QED) is 0.607. The summed E-state index contributed by atoms with van der Waals surface area (Å²) in [4.78, 5) is 25.6. The second-order valence-electron chi connectivity index (χ2n) is 6.97. The van der Waals surface area contributed by atoms with E-state index in [1.165, 1.54) is 0 Å². The van der Waals surface area contributed by atoms with Crippen molar-refractivity contribution in [2.75, 3.05) is 0 Å². The molecule has 2 aromatic rings. The normalized spacial score (nSPS) is 26.0. The molecule has 0 bridgehead atoms. The van der Waals surface area contributed by atoms with Crippen molar-refractivity contribution in [3.8, 4) is 0 Å². The number of carbonyl (C=O) groups excluding carboxylic acids is 2. The minimum absolute atomic E-state index is 0.218. The van der Waals surface area contributed by atoms with Gasteiger partial charge in [-0.1, -0.05) is 71.3 Å². The highest BCUT2D eigenvalue weighted by molar-refractivity contribution is 6.20. The van der Waals surface area contributed by atoms with E-state index in [9.17, 15) is 19.8 Å². The molecule has 0 aliphatic carbocycles. The predicted molar refractivity (Wildman–Crippen MR) is 101 cm³/mol. The van der Waals surface area contributed by atoms with Crippen LogP contribution >= 0.6 is 11.6 Å². The Labute approximate surface area is 162 Å². The number of carbonyl (C=O) groups is 2. The monoisotopic (exact) mass is 388 g/mol. The van der Waals surface area contributed by atoms with Crippen LogP contribution in [0, 0.1) is 13.8 Å². The topological polar surface area (TPSA) is 83.8 Å². The maximum atomic E-state index is 12.9. The molecule has 1 fully saturated rings. The third-order valence-electron chi connectivity index (χ3n) is 4.84. The van der Waals surface area contributed by atoms with Gasteiger partial charge in [0.15, 0.2) is 17.2 Å². The van der Waals surface area contributed by atoms with Crippen LogP contribution in [-0.4, -0.2) is 45.2 Å². The van der Waals surface area contributed by atoms with Crippen LogP contribution in [0.25, 0.3) is 0 Å². The van der Waals surface area contributed by atoms with E-state index in [-0.39, 0.29) is 17.5 Å². The molecule has 0 saturated carbocycles. The highest BCUT2D eigenvalue weighted by Gasteiger charge is 2.56. The lowest BCUT2D eigenvalue weighted by molar-refractivity contribution is -0.0716. The fourth-order valence-electron chi connectivity index (χ4n) is 3.22. The number of rotatable bonds is 5. The minimum Gasteiger partial charge on any atom is -0.382 e. The van der Waals surface area contributed by atoms with Gasteiger partial charge in [-0.15, -0.1) is 0 Å². The molecule has 2 aromatic carbocycles. The molecule has 27 heavy (non-hydrogen) atoms. The number of Topliss-reactive ketones (excluding diaryl/α,β-unsaturated/α-hetero) is 2. The lowest BCUT2D eigenvalue weighted by Crippen LogP contribution is -2.53. The Hall–Kier alpha value is -2.05. The third kappa shape index (κ3) is 3.82. The molecule has 5 nitrogen and oxygen atoms in total. The number of ketones is 2. The fourth-order valence-corrected chi connectivity index (χ4v) is 3.57. The summed E-state index contributed by atoms with van der Waals surface area (Å²) in [6.07, 6.45) is -3.40. The number of aliphatic hydroxyl groups is 2. The van der Waals surface area contributed by atoms with E-state index in [2.05, 4.69) is 0 Å². The Balaban J connectivity index is 1.90. The molecule has 142 valence electrons. The van der Waals surface area contributed by atoms with Gasteiger partial charge in [0.25, 0.3) is 0 Å². The molecular formula is C21H21ClO5. The summed E-state index contributed by atoms with van der Waals surface area (Å²) in [6, 6.07) is 13.3. The average molecular weight is 389 g/mol. The van der Waals surface area contributed by atoms with Crippen LogP contribution in [0.4, 0.5) is 0 Å². The van der Waals surface area contributed by atoms with Crippen LogP contribution in [0.15, 0.2) is 48.5 Å². The second kappa shape index (κ2) is 7.52. The number of benzene rings is 2. The van der Waals surface area contributed by atoms with Gasteiger partial charge in [-0.3, -0.25) is 9.59 Å². The van der Waals surface area contributed by atoms with Gasteiger partial charge < -0.3 is 14.9 Å². The Morgan fingerprint density at radius 2 is 1.52 bits per heavy atom. The maximum absolute atomic E-state index is 12.9. The number of hydrogen-bond acceptors (Lipinski definition) is 5. The Kier molecular flexibility index (Phi) is 5.49.